The highest BCUT2D eigenvalue weighted by molar-refractivity contribution is 6.32. The van der Waals surface area contributed by atoms with E-state index in [0.717, 1.165) is 5.56 Å². The molecule has 0 spiro atoms. The number of benzene rings is 3. The number of amides is 1. The molecule has 0 bridgehead atoms. The molecule has 0 saturated carbocycles. The van der Waals surface area contributed by atoms with Crippen molar-refractivity contribution in [3.63, 3.8) is 0 Å². The number of carbonyl (C=O) groups excluding carboxylic acids is 1. The fourth-order valence-corrected chi connectivity index (χ4v) is 4.40. The summed E-state index contributed by atoms with van der Waals surface area (Å²) in [6.45, 7) is 0.717. The van der Waals surface area contributed by atoms with Gasteiger partial charge in [0.15, 0.2) is 0 Å². The molecule has 0 aliphatic carbocycles. The van der Waals surface area contributed by atoms with E-state index in [1.165, 1.54) is 0 Å². The first-order valence-electron chi connectivity index (χ1n) is 10.9. The SMILES string of the molecule is COc1c(Cl)cccc1CCNC(=O)c1ccc(Oc2cc3c(cc2Cl)C(C(=O)O)CCO3)cc1. The smallest absolute Gasteiger partial charge is 0.311 e. The third-order valence-electron chi connectivity index (χ3n) is 5.68. The van der Waals surface area contributed by atoms with Crippen molar-refractivity contribution < 1.29 is 28.9 Å². The van der Waals surface area contributed by atoms with Crippen molar-refractivity contribution in [2.75, 3.05) is 20.3 Å². The molecular formula is C26H23Cl2NO6. The van der Waals surface area contributed by atoms with Crippen LogP contribution in [0, 0.1) is 0 Å². The van der Waals surface area contributed by atoms with Gasteiger partial charge in [-0.3, -0.25) is 9.59 Å². The molecule has 0 aromatic heterocycles. The van der Waals surface area contributed by atoms with E-state index in [0.29, 0.717) is 65.1 Å². The van der Waals surface area contributed by atoms with Gasteiger partial charge >= 0.3 is 5.97 Å². The average Bonchev–Trinajstić information content (AvgIpc) is 2.84. The molecule has 1 amide bonds. The Balaban J connectivity index is 1.38. The zero-order valence-electron chi connectivity index (χ0n) is 18.8. The Kier molecular flexibility index (Phi) is 7.68. The van der Waals surface area contributed by atoms with Gasteiger partial charge in [-0.1, -0.05) is 35.3 Å². The lowest BCUT2D eigenvalue weighted by Crippen LogP contribution is -2.25. The molecule has 3 aromatic rings. The number of carboxylic acid groups (broad SMARTS) is 1. The summed E-state index contributed by atoms with van der Waals surface area (Å²) in [6.07, 6.45) is 0.952. The van der Waals surface area contributed by atoms with Gasteiger partial charge in [0.1, 0.15) is 23.0 Å². The molecule has 9 heteroatoms. The summed E-state index contributed by atoms with van der Waals surface area (Å²) in [5.41, 5.74) is 1.91. The van der Waals surface area contributed by atoms with Crippen molar-refractivity contribution >= 4 is 35.1 Å². The lowest BCUT2D eigenvalue weighted by molar-refractivity contribution is -0.139. The van der Waals surface area contributed by atoms with Crippen molar-refractivity contribution in [1.29, 1.82) is 0 Å². The number of halogens is 2. The highest BCUT2D eigenvalue weighted by Crippen LogP contribution is 2.41. The molecule has 0 saturated heterocycles. The van der Waals surface area contributed by atoms with Crippen molar-refractivity contribution in [3.8, 4) is 23.0 Å². The summed E-state index contributed by atoms with van der Waals surface area (Å²) >= 11 is 12.5. The number of ether oxygens (including phenoxy) is 3. The second kappa shape index (κ2) is 10.9. The van der Waals surface area contributed by atoms with Gasteiger partial charge in [0.25, 0.3) is 5.91 Å². The maximum Gasteiger partial charge on any atom is 0.311 e. The van der Waals surface area contributed by atoms with Crippen molar-refractivity contribution in [2.24, 2.45) is 0 Å². The molecule has 182 valence electrons. The predicted octanol–water partition coefficient (Wildman–Crippen LogP) is 5.72. The van der Waals surface area contributed by atoms with Crippen LogP contribution >= 0.6 is 23.2 Å². The Bertz CT molecular complexity index is 1250. The first-order valence-corrected chi connectivity index (χ1v) is 11.7. The first-order chi connectivity index (χ1) is 16.9. The van der Waals surface area contributed by atoms with Crippen LogP contribution < -0.4 is 19.5 Å². The molecule has 1 unspecified atom stereocenters. The highest BCUT2D eigenvalue weighted by atomic mass is 35.5. The number of hydrogen-bond donors (Lipinski definition) is 2. The molecular weight excluding hydrogens is 493 g/mol. The van der Waals surface area contributed by atoms with Gasteiger partial charge in [-0.05, 0) is 54.8 Å². The molecule has 1 heterocycles. The summed E-state index contributed by atoms with van der Waals surface area (Å²) in [5.74, 6) is 0.0483. The van der Waals surface area contributed by atoms with E-state index in [4.69, 9.17) is 37.4 Å². The van der Waals surface area contributed by atoms with Crippen LogP contribution in [0.2, 0.25) is 10.0 Å². The number of hydrogen-bond acceptors (Lipinski definition) is 5. The standard InChI is InChI=1S/C26H23Cl2NO6/c1-33-24-15(3-2-4-20(24)27)9-11-29-25(30)16-5-7-17(8-6-16)35-23-14-22-19(13-21(23)28)18(26(31)32)10-12-34-22/h2-8,13-14,18H,9-12H2,1H3,(H,29,30)(H,31,32). The number of carbonyl (C=O) groups is 2. The summed E-state index contributed by atoms with van der Waals surface area (Å²) in [7, 11) is 1.56. The van der Waals surface area contributed by atoms with Gasteiger partial charge in [0, 0.05) is 23.7 Å². The normalized spacial score (nSPS) is 14.4. The minimum atomic E-state index is -0.917. The van der Waals surface area contributed by atoms with Crippen LogP contribution in [0.4, 0.5) is 0 Å². The average molecular weight is 516 g/mol. The summed E-state index contributed by atoms with van der Waals surface area (Å²) in [4.78, 5) is 24.0. The Morgan fingerprint density at radius 3 is 2.60 bits per heavy atom. The molecule has 35 heavy (non-hydrogen) atoms. The van der Waals surface area contributed by atoms with Crippen molar-refractivity contribution in [2.45, 2.75) is 18.8 Å². The van der Waals surface area contributed by atoms with Gasteiger partial charge in [-0.25, -0.2) is 0 Å². The fourth-order valence-electron chi connectivity index (χ4n) is 3.92. The van der Waals surface area contributed by atoms with Crippen LogP contribution in [0.5, 0.6) is 23.0 Å². The Morgan fingerprint density at radius 1 is 1.11 bits per heavy atom. The number of rotatable bonds is 8. The van der Waals surface area contributed by atoms with Crippen LogP contribution in [0.25, 0.3) is 0 Å². The Labute approximate surface area is 212 Å². The van der Waals surface area contributed by atoms with Crippen LogP contribution in [0.15, 0.2) is 54.6 Å². The molecule has 3 aromatic carbocycles. The maximum atomic E-state index is 12.5. The van der Waals surface area contributed by atoms with Crippen molar-refractivity contribution in [1.82, 2.24) is 5.32 Å². The molecule has 7 nitrogen and oxygen atoms in total. The van der Waals surface area contributed by atoms with E-state index in [1.54, 1.807) is 49.6 Å². The zero-order chi connectivity index (χ0) is 24.9. The third kappa shape index (κ3) is 5.63. The molecule has 0 fully saturated rings. The summed E-state index contributed by atoms with van der Waals surface area (Å²) in [6, 6.07) is 15.3. The van der Waals surface area contributed by atoms with E-state index in [1.807, 2.05) is 12.1 Å². The maximum absolute atomic E-state index is 12.5. The lowest BCUT2D eigenvalue weighted by Gasteiger charge is -2.24. The number of methoxy groups -OCH3 is 1. The summed E-state index contributed by atoms with van der Waals surface area (Å²) < 4.78 is 16.8. The molecule has 1 atom stereocenters. The highest BCUT2D eigenvalue weighted by Gasteiger charge is 2.29. The Morgan fingerprint density at radius 2 is 1.89 bits per heavy atom. The van der Waals surface area contributed by atoms with Crippen LogP contribution in [0.3, 0.4) is 0 Å². The second-order valence-electron chi connectivity index (χ2n) is 7.91. The Hall–Kier alpha value is -3.42. The van der Waals surface area contributed by atoms with Gasteiger partial charge in [-0.2, -0.15) is 0 Å². The molecule has 2 N–H and O–H groups in total. The summed E-state index contributed by atoms with van der Waals surface area (Å²) in [5, 5.41) is 13.1. The zero-order valence-corrected chi connectivity index (χ0v) is 20.4. The van der Waals surface area contributed by atoms with Gasteiger partial charge in [-0.15, -0.1) is 0 Å². The van der Waals surface area contributed by atoms with Crippen molar-refractivity contribution in [3.05, 3.63) is 81.3 Å². The molecule has 1 aliphatic heterocycles. The van der Waals surface area contributed by atoms with Gasteiger partial charge in [0.2, 0.25) is 0 Å². The fraction of sp³-hybridized carbons (Fsp3) is 0.231. The number of para-hydroxylation sites is 1. The second-order valence-corrected chi connectivity index (χ2v) is 8.73. The van der Waals surface area contributed by atoms with Crippen LogP contribution in [-0.4, -0.2) is 37.2 Å². The van der Waals surface area contributed by atoms with E-state index >= 15 is 0 Å². The van der Waals surface area contributed by atoms with Gasteiger partial charge in [0.05, 0.1) is 29.7 Å². The molecule has 0 radical (unpaired) electrons. The molecule has 4 rings (SSSR count). The minimum absolute atomic E-state index is 0.225. The van der Waals surface area contributed by atoms with Crippen LogP contribution in [-0.2, 0) is 11.2 Å². The van der Waals surface area contributed by atoms with E-state index in [9.17, 15) is 14.7 Å². The minimum Gasteiger partial charge on any atom is -0.495 e. The number of carboxylic acids is 1. The number of nitrogens with one attached hydrogen (secondary N) is 1. The van der Waals surface area contributed by atoms with Gasteiger partial charge < -0.3 is 24.6 Å². The number of fused-ring (bicyclic) bond motifs is 1. The quantitative estimate of drug-likeness (QED) is 0.398. The topological polar surface area (TPSA) is 94.1 Å². The largest absolute Gasteiger partial charge is 0.495 e. The van der Waals surface area contributed by atoms with E-state index in [2.05, 4.69) is 5.32 Å². The first kappa shape index (κ1) is 24.7. The van der Waals surface area contributed by atoms with E-state index in [-0.39, 0.29) is 10.9 Å². The van der Waals surface area contributed by atoms with Crippen LogP contribution in [0.1, 0.15) is 33.8 Å². The third-order valence-corrected chi connectivity index (χ3v) is 6.27. The lowest BCUT2D eigenvalue weighted by atomic mass is 9.93. The molecule has 1 aliphatic rings. The number of aliphatic carboxylic acids is 1. The van der Waals surface area contributed by atoms with E-state index < -0.39 is 11.9 Å². The predicted molar refractivity (Wildman–Crippen MR) is 132 cm³/mol. The monoisotopic (exact) mass is 515 g/mol.